The van der Waals surface area contributed by atoms with Gasteiger partial charge in [0.05, 0.1) is 16.0 Å². The van der Waals surface area contributed by atoms with Crippen molar-refractivity contribution in [1.82, 2.24) is 0 Å². The first-order valence-corrected chi connectivity index (χ1v) is 11.0. The lowest BCUT2D eigenvalue weighted by Crippen LogP contribution is -2.13. The highest BCUT2D eigenvalue weighted by atomic mass is 32.2. The highest BCUT2D eigenvalue weighted by Crippen LogP contribution is 2.39. The lowest BCUT2D eigenvalue weighted by molar-refractivity contribution is -0.137. The van der Waals surface area contributed by atoms with E-state index in [0.29, 0.717) is 0 Å². The van der Waals surface area contributed by atoms with Gasteiger partial charge in [0, 0.05) is 34.6 Å². The van der Waals surface area contributed by atoms with Crippen LogP contribution in [0.2, 0.25) is 0 Å². The van der Waals surface area contributed by atoms with Crippen molar-refractivity contribution in [2.75, 3.05) is 10.0 Å². The maximum atomic E-state index is 12.8. The number of hydrogen-bond donors (Lipinski definition) is 5. The van der Waals surface area contributed by atoms with Crippen LogP contribution in [0.1, 0.15) is 16.7 Å². The van der Waals surface area contributed by atoms with Gasteiger partial charge in [-0.05, 0) is 48.5 Å². The van der Waals surface area contributed by atoms with Crippen molar-refractivity contribution in [3.05, 3.63) is 71.3 Å². The Kier molecular flexibility index (Phi) is 5.40. The molecule has 0 aromatic heterocycles. The number of fused-ring (bicyclic) bond motifs is 1. The van der Waals surface area contributed by atoms with E-state index >= 15 is 0 Å². The topological polar surface area (TPSA) is 136 Å². The van der Waals surface area contributed by atoms with Crippen LogP contribution in [-0.4, -0.2) is 29.6 Å². The number of sulfonamides is 1. The molecule has 0 saturated heterocycles. The van der Waals surface area contributed by atoms with Crippen LogP contribution in [0, 0.1) is 0 Å². The molecule has 3 aromatic carbocycles. The molecule has 0 unspecified atom stereocenters. The van der Waals surface area contributed by atoms with Crippen LogP contribution in [-0.2, 0) is 21.0 Å². The number of nitrogens with one attached hydrogen (secondary N) is 2. The minimum atomic E-state index is -4.57. The van der Waals surface area contributed by atoms with Gasteiger partial charge >= 0.3 is 6.18 Å². The molecule has 34 heavy (non-hydrogen) atoms. The minimum Gasteiger partial charge on any atom is -0.508 e. The zero-order chi connectivity index (χ0) is 24.8. The molecule has 0 radical (unpaired) electrons. The Bertz CT molecular complexity index is 1430. The minimum absolute atomic E-state index is 0.0714. The number of carbonyl (C=O) groups excluding carboxylic acids is 1. The van der Waals surface area contributed by atoms with Crippen molar-refractivity contribution in [2.24, 2.45) is 0 Å². The molecular weight excluding hydrogens is 477 g/mol. The molecule has 1 aliphatic rings. The molecule has 0 saturated carbocycles. The van der Waals surface area contributed by atoms with E-state index in [1.165, 1.54) is 18.2 Å². The normalized spacial score (nSPS) is 14.7. The number of phenols is 3. The summed E-state index contributed by atoms with van der Waals surface area (Å²) in [5, 5.41) is 32.0. The molecule has 1 aliphatic heterocycles. The predicted octanol–water partition coefficient (Wildman–Crippen LogP) is 4.12. The summed E-state index contributed by atoms with van der Waals surface area (Å²) < 4.78 is 66.0. The maximum absolute atomic E-state index is 12.8. The summed E-state index contributed by atoms with van der Waals surface area (Å²) in [4.78, 5) is 12.2. The zero-order valence-electron chi connectivity index (χ0n) is 16.9. The quantitative estimate of drug-likeness (QED) is 0.348. The van der Waals surface area contributed by atoms with E-state index in [1.807, 2.05) is 0 Å². The van der Waals surface area contributed by atoms with Crippen molar-refractivity contribution in [1.29, 1.82) is 0 Å². The molecule has 8 nitrogen and oxygen atoms in total. The van der Waals surface area contributed by atoms with Gasteiger partial charge in [-0.25, -0.2) is 8.42 Å². The number of aromatic hydroxyl groups is 3. The fraction of sp³-hybridized carbons (Fsp3) is 0.0455. The summed E-state index contributed by atoms with van der Waals surface area (Å²) in [7, 11) is -4.25. The fourth-order valence-corrected chi connectivity index (χ4v) is 4.40. The number of hydrogen-bond acceptors (Lipinski definition) is 6. The van der Waals surface area contributed by atoms with E-state index in [1.54, 1.807) is 0 Å². The van der Waals surface area contributed by atoms with Gasteiger partial charge in [-0.2, -0.15) is 13.2 Å². The summed E-state index contributed by atoms with van der Waals surface area (Å²) in [6.45, 7) is 0. The largest absolute Gasteiger partial charge is 0.508 e. The summed E-state index contributed by atoms with van der Waals surface area (Å²) in [5.74, 6) is -2.07. The number of benzene rings is 3. The molecule has 176 valence electrons. The number of amides is 1. The average molecular weight is 492 g/mol. The standard InChI is InChI=1S/C22H15F3N2O6S/c23-22(24,25)11-1-3-12(4-2-11)27-34(32,33)14-5-6-18-15(9-14)16(21(31)26-18)10-17-19(29)7-13(28)8-20(17)30/h1-10,27-30H,(H,26,31). The average Bonchev–Trinajstić information content (AvgIpc) is 3.04. The summed E-state index contributed by atoms with van der Waals surface area (Å²) >= 11 is 0. The van der Waals surface area contributed by atoms with E-state index < -0.39 is 44.9 Å². The molecular formula is C22H15F3N2O6S. The summed E-state index contributed by atoms with van der Waals surface area (Å²) in [6, 6.07) is 9.02. The first kappa shape index (κ1) is 23.0. The molecule has 0 atom stereocenters. The van der Waals surface area contributed by atoms with Gasteiger partial charge in [0.2, 0.25) is 0 Å². The van der Waals surface area contributed by atoms with Crippen LogP contribution in [0.15, 0.2) is 59.5 Å². The smallest absolute Gasteiger partial charge is 0.416 e. The first-order valence-electron chi connectivity index (χ1n) is 9.47. The van der Waals surface area contributed by atoms with E-state index in [9.17, 15) is 41.7 Å². The number of alkyl halides is 3. The Balaban J connectivity index is 1.70. The van der Waals surface area contributed by atoms with E-state index in [4.69, 9.17) is 0 Å². The molecule has 0 spiro atoms. The fourth-order valence-electron chi connectivity index (χ4n) is 3.32. The Morgan fingerprint density at radius 2 is 1.53 bits per heavy atom. The molecule has 5 N–H and O–H groups in total. The molecule has 1 amide bonds. The Morgan fingerprint density at radius 1 is 0.912 bits per heavy atom. The molecule has 0 bridgehead atoms. The highest BCUT2D eigenvalue weighted by molar-refractivity contribution is 7.92. The maximum Gasteiger partial charge on any atom is 0.416 e. The van der Waals surface area contributed by atoms with Crippen molar-refractivity contribution < 1.29 is 41.7 Å². The molecule has 12 heteroatoms. The van der Waals surface area contributed by atoms with Gasteiger partial charge in [0.15, 0.2) is 0 Å². The second-order valence-corrected chi connectivity index (χ2v) is 8.98. The monoisotopic (exact) mass is 492 g/mol. The lowest BCUT2D eigenvalue weighted by Gasteiger charge is -2.11. The van der Waals surface area contributed by atoms with Crippen molar-refractivity contribution in [2.45, 2.75) is 11.1 Å². The second-order valence-electron chi connectivity index (χ2n) is 7.30. The number of rotatable bonds is 4. The van der Waals surface area contributed by atoms with Crippen LogP contribution in [0.5, 0.6) is 17.2 Å². The van der Waals surface area contributed by atoms with Gasteiger partial charge in [0.25, 0.3) is 15.9 Å². The third-order valence-electron chi connectivity index (χ3n) is 4.96. The molecule has 4 rings (SSSR count). The van der Waals surface area contributed by atoms with Crippen LogP contribution in [0.25, 0.3) is 11.6 Å². The molecule has 0 aliphatic carbocycles. The van der Waals surface area contributed by atoms with E-state index in [2.05, 4.69) is 10.0 Å². The number of anilines is 2. The molecule has 1 heterocycles. The number of phenolic OH excluding ortho intramolecular Hbond substituents is 3. The van der Waals surface area contributed by atoms with Gasteiger partial charge in [-0.1, -0.05) is 0 Å². The molecule has 3 aromatic rings. The van der Waals surface area contributed by atoms with Gasteiger partial charge in [0.1, 0.15) is 17.2 Å². The van der Waals surface area contributed by atoms with Crippen molar-refractivity contribution in [3.8, 4) is 17.2 Å². The van der Waals surface area contributed by atoms with Crippen LogP contribution in [0.4, 0.5) is 24.5 Å². The molecule has 0 fully saturated rings. The van der Waals surface area contributed by atoms with Crippen LogP contribution >= 0.6 is 0 Å². The predicted molar refractivity (Wildman–Crippen MR) is 117 cm³/mol. The zero-order valence-corrected chi connectivity index (χ0v) is 17.7. The first-order chi connectivity index (χ1) is 15.8. The Labute approximate surface area is 190 Å². The Hall–Kier alpha value is -4.19. The third kappa shape index (κ3) is 4.35. The van der Waals surface area contributed by atoms with Crippen LogP contribution < -0.4 is 10.0 Å². The second kappa shape index (κ2) is 7.99. The lowest BCUT2D eigenvalue weighted by atomic mass is 10.0. The highest BCUT2D eigenvalue weighted by Gasteiger charge is 2.30. The number of carbonyl (C=O) groups is 1. The van der Waals surface area contributed by atoms with Gasteiger partial charge < -0.3 is 20.6 Å². The van der Waals surface area contributed by atoms with Gasteiger partial charge in [-0.15, -0.1) is 0 Å². The van der Waals surface area contributed by atoms with Crippen molar-refractivity contribution in [3.63, 3.8) is 0 Å². The van der Waals surface area contributed by atoms with E-state index in [-0.39, 0.29) is 33.0 Å². The SMILES string of the molecule is O=C1Nc2ccc(S(=O)(=O)Nc3ccc(C(F)(F)F)cc3)cc2C1=Cc1c(O)cc(O)cc1O. The van der Waals surface area contributed by atoms with Gasteiger partial charge in [-0.3, -0.25) is 9.52 Å². The number of halogens is 3. The summed E-state index contributed by atoms with van der Waals surface area (Å²) in [5.41, 5.74) is -0.870. The third-order valence-corrected chi connectivity index (χ3v) is 6.34. The van der Waals surface area contributed by atoms with Crippen molar-refractivity contribution >= 4 is 39.0 Å². The van der Waals surface area contributed by atoms with E-state index in [0.717, 1.165) is 42.5 Å². The summed E-state index contributed by atoms with van der Waals surface area (Å²) in [6.07, 6.45) is -3.44. The Morgan fingerprint density at radius 3 is 2.12 bits per heavy atom. The van der Waals surface area contributed by atoms with Crippen LogP contribution in [0.3, 0.4) is 0 Å².